The molecule has 0 spiro atoms. The number of anilines is 1. The number of nitrogens with one attached hydrogen (secondary N) is 1. The highest BCUT2D eigenvalue weighted by atomic mass is 35.5. The lowest BCUT2D eigenvalue weighted by Gasteiger charge is -2.16. The van der Waals surface area contributed by atoms with Crippen molar-refractivity contribution in [2.75, 3.05) is 11.9 Å². The number of nitrogens with zero attached hydrogens (tertiary/aromatic N) is 2. The SMILES string of the molecule is C=CCn1ncc(NC(CC)CN)c(Cl)c1=O. The third kappa shape index (κ3) is 3.31. The second-order valence-electron chi connectivity index (χ2n) is 3.63. The summed E-state index contributed by atoms with van der Waals surface area (Å²) in [7, 11) is 0. The van der Waals surface area contributed by atoms with Gasteiger partial charge in [-0.15, -0.1) is 6.58 Å². The van der Waals surface area contributed by atoms with Crippen molar-refractivity contribution < 1.29 is 0 Å². The fourth-order valence-electron chi connectivity index (χ4n) is 1.37. The van der Waals surface area contributed by atoms with Gasteiger partial charge in [0.25, 0.3) is 5.56 Å². The first-order valence-corrected chi connectivity index (χ1v) is 5.84. The van der Waals surface area contributed by atoms with E-state index < -0.39 is 0 Å². The standard InChI is InChI=1S/C11H17ClN4O/c1-3-5-16-11(17)10(12)9(7-14-16)15-8(4-2)6-13/h3,7-8,15H,1,4-6,13H2,2H3. The van der Waals surface area contributed by atoms with Crippen molar-refractivity contribution in [1.82, 2.24) is 9.78 Å². The molecule has 94 valence electrons. The molecular weight excluding hydrogens is 240 g/mol. The van der Waals surface area contributed by atoms with Crippen molar-refractivity contribution in [2.24, 2.45) is 5.73 Å². The van der Waals surface area contributed by atoms with E-state index in [0.29, 0.717) is 18.8 Å². The van der Waals surface area contributed by atoms with Gasteiger partial charge >= 0.3 is 0 Å². The van der Waals surface area contributed by atoms with E-state index in [4.69, 9.17) is 17.3 Å². The number of halogens is 1. The van der Waals surface area contributed by atoms with E-state index in [1.165, 1.54) is 10.9 Å². The quantitative estimate of drug-likeness (QED) is 0.751. The average Bonchev–Trinajstić information content (AvgIpc) is 2.34. The van der Waals surface area contributed by atoms with Gasteiger partial charge in [0.15, 0.2) is 0 Å². The zero-order valence-corrected chi connectivity index (χ0v) is 10.6. The first-order valence-electron chi connectivity index (χ1n) is 5.47. The van der Waals surface area contributed by atoms with Gasteiger partial charge in [-0.05, 0) is 6.42 Å². The van der Waals surface area contributed by atoms with Crippen LogP contribution in [0.1, 0.15) is 13.3 Å². The minimum Gasteiger partial charge on any atom is -0.378 e. The van der Waals surface area contributed by atoms with Crippen molar-refractivity contribution in [2.45, 2.75) is 25.9 Å². The first-order chi connectivity index (χ1) is 8.13. The van der Waals surface area contributed by atoms with Gasteiger partial charge in [0, 0.05) is 12.6 Å². The topological polar surface area (TPSA) is 72.9 Å². The lowest BCUT2D eigenvalue weighted by atomic mass is 10.2. The molecule has 17 heavy (non-hydrogen) atoms. The molecule has 0 bridgehead atoms. The zero-order chi connectivity index (χ0) is 12.8. The summed E-state index contributed by atoms with van der Waals surface area (Å²) < 4.78 is 1.25. The van der Waals surface area contributed by atoms with E-state index in [2.05, 4.69) is 17.0 Å². The number of rotatable bonds is 6. The smallest absolute Gasteiger partial charge is 0.287 e. The number of hydrogen-bond acceptors (Lipinski definition) is 4. The summed E-state index contributed by atoms with van der Waals surface area (Å²) in [6.07, 6.45) is 3.97. The maximum Gasteiger partial charge on any atom is 0.287 e. The third-order valence-corrected chi connectivity index (χ3v) is 2.79. The number of hydrogen-bond donors (Lipinski definition) is 2. The van der Waals surface area contributed by atoms with Crippen LogP contribution >= 0.6 is 11.6 Å². The molecule has 0 saturated carbocycles. The lowest BCUT2D eigenvalue weighted by molar-refractivity contribution is 0.648. The summed E-state index contributed by atoms with van der Waals surface area (Å²) in [4.78, 5) is 11.8. The molecule has 0 saturated heterocycles. The fourth-order valence-corrected chi connectivity index (χ4v) is 1.57. The molecule has 1 aromatic heterocycles. The maximum absolute atomic E-state index is 11.8. The number of aromatic nitrogens is 2. The first kappa shape index (κ1) is 13.7. The van der Waals surface area contributed by atoms with Gasteiger partial charge in [0.2, 0.25) is 0 Å². The Morgan fingerprint density at radius 1 is 1.76 bits per heavy atom. The highest BCUT2D eigenvalue weighted by Gasteiger charge is 2.11. The Morgan fingerprint density at radius 3 is 3.00 bits per heavy atom. The molecule has 1 atom stereocenters. The highest BCUT2D eigenvalue weighted by molar-refractivity contribution is 6.32. The zero-order valence-electron chi connectivity index (χ0n) is 9.82. The molecule has 0 aliphatic heterocycles. The molecule has 0 amide bonds. The van der Waals surface area contributed by atoms with Gasteiger partial charge in [-0.3, -0.25) is 4.79 Å². The predicted octanol–water partition coefficient (Wildman–Crippen LogP) is 1.23. The molecule has 1 unspecified atom stereocenters. The van der Waals surface area contributed by atoms with E-state index in [1.54, 1.807) is 6.08 Å². The molecule has 5 nitrogen and oxygen atoms in total. The molecular formula is C11H17ClN4O. The lowest BCUT2D eigenvalue weighted by Crippen LogP contribution is -2.30. The molecule has 6 heteroatoms. The van der Waals surface area contributed by atoms with Crippen LogP contribution in [0.25, 0.3) is 0 Å². The number of nitrogens with two attached hydrogens (primary N) is 1. The minimum absolute atomic E-state index is 0.0870. The van der Waals surface area contributed by atoms with Gasteiger partial charge in [-0.2, -0.15) is 5.10 Å². The summed E-state index contributed by atoms with van der Waals surface area (Å²) >= 11 is 5.98. The summed E-state index contributed by atoms with van der Waals surface area (Å²) in [6, 6.07) is 0.0870. The average molecular weight is 257 g/mol. The van der Waals surface area contributed by atoms with Crippen molar-refractivity contribution in [1.29, 1.82) is 0 Å². The molecule has 0 radical (unpaired) electrons. The van der Waals surface area contributed by atoms with Crippen LogP contribution < -0.4 is 16.6 Å². The summed E-state index contributed by atoms with van der Waals surface area (Å²) in [5.74, 6) is 0. The van der Waals surface area contributed by atoms with Crippen molar-refractivity contribution >= 4 is 17.3 Å². The van der Waals surface area contributed by atoms with Crippen LogP contribution in [0.3, 0.4) is 0 Å². The second-order valence-corrected chi connectivity index (χ2v) is 4.01. The summed E-state index contributed by atoms with van der Waals surface area (Å²) in [6.45, 7) is 6.37. The Balaban J connectivity index is 3.00. The van der Waals surface area contributed by atoms with Crippen LogP contribution in [0, 0.1) is 0 Å². The fraction of sp³-hybridized carbons (Fsp3) is 0.455. The third-order valence-electron chi connectivity index (χ3n) is 2.42. The van der Waals surface area contributed by atoms with Crippen molar-refractivity contribution in [3.63, 3.8) is 0 Å². The summed E-state index contributed by atoms with van der Waals surface area (Å²) in [5, 5.41) is 7.23. The molecule has 1 heterocycles. The van der Waals surface area contributed by atoms with Gasteiger partial charge in [0.05, 0.1) is 18.4 Å². The molecule has 0 aromatic carbocycles. The Morgan fingerprint density at radius 2 is 2.47 bits per heavy atom. The molecule has 1 rings (SSSR count). The normalized spacial score (nSPS) is 12.2. The van der Waals surface area contributed by atoms with E-state index in [1.807, 2.05) is 6.92 Å². The second kappa shape index (κ2) is 6.42. The highest BCUT2D eigenvalue weighted by Crippen LogP contribution is 2.16. The Labute approximate surface area is 105 Å². The van der Waals surface area contributed by atoms with Crippen molar-refractivity contribution in [3.8, 4) is 0 Å². The van der Waals surface area contributed by atoms with Crippen LogP contribution in [0.4, 0.5) is 5.69 Å². The van der Waals surface area contributed by atoms with Crippen LogP contribution in [0.2, 0.25) is 5.02 Å². The molecule has 0 aliphatic rings. The minimum atomic E-state index is -0.330. The Kier molecular flexibility index (Phi) is 5.18. The molecule has 1 aromatic rings. The Bertz CT molecular complexity index is 440. The van der Waals surface area contributed by atoms with Crippen molar-refractivity contribution in [3.05, 3.63) is 34.2 Å². The number of allylic oxidation sites excluding steroid dienone is 1. The van der Waals surface area contributed by atoms with E-state index in [-0.39, 0.29) is 16.6 Å². The van der Waals surface area contributed by atoms with Crippen LogP contribution in [0.15, 0.2) is 23.6 Å². The van der Waals surface area contributed by atoms with E-state index in [9.17, 15) is 4.79 Å². The van der Waals surface area contributed by atoms with Gasteiger partial charge < -0.3 is 11.1 Å². The van der Waals surface area contributed by atoms with Gasteiger partial charge in [-0.25, -0.2) is 4.68 Å². The molecule has 3 N–H and O–H groups in total. The van der Waals surface area contributed by atoms with Gasteiger partial charge in [0.1, 0.15) is 5.02 Å². The van der Waals surface area contributed by atoms with E-state index in [0.717, 1.165) is 6.42 Å². The summed E-state index contributed by atoms with van der Waals surface area (Å²) in [5.41, 5.74) is 5.77. The monoisotopic (exact) mass is 256 g/mol. The van der Waals surface area contributed by atoms with E-state index >= 15 is 0 Å². The largest absolute Gasteiger partial charge is 0.378 e. The van der Waals surface area contributed by atoms with Gasteiger partial charge in [-0.1, -0.05) is 24.6 Å². The Hall–Kier alpha value is -1.33. The predicted molar refractivity (Wildman–Crippen MR) is 70.5 cm³/mol. The van der Waals surface area contributed by atoms with Crippen LogP contribution in [0.5, 0.6) is 0 Å². The van der Waals surface area contributed by atoms with Crippen LogP contribution in [-0.2, 0) is 6.54 Å². The maximum atomic E-state index is 11.8. The molecule has 0 aliphatic carbocycles. The molecule has 0 fully saturated rings. The van der Waals surface area contributed by atoms with Crippen LogP contribution in [-0.4, -0.2) is 22.4 Å².